The second kappa shape index (κ2) is 13.5. The van der Waals surface area contributed by atoms with Crippen LogP contribution < -0.4 is 20.3 Å². The van der Waals surface area contributed by atoms with E-state index in [1.54, 1.807) is 42.5 Å². The zero-order valence-corrected chi connectivity index (χ0v) is 19.1. The molecule has 2 aromatic carbocycles. The largest absolute Gasteiger partial charge is 0.477 e. The van der Waals surface area contributed by atoms with E-state index in [0.29, 0.717) is 28.7 Å². The van der Waals surface area contributed by atoms with E-state index in [2.05, 4.69) is 10.6 Å². The quantitative estimate of drug-likeness (QED) is 0.647. The monoisotopic (exact) mass is 433 g/mol. The number of urea groups is 1. The van der Waals surface area contributed by atoms with Crippen molar-refractivity contribution in [1.29, 1.82) is 0 Å². The Labute approximate surface area is 184 Å². The van der Waals surface area contributed by atoms with Crippen molar-refractivity contribution < 1.29 is 14.3 Å². The lowest BCUT2D eigenvalue weighted by molar-refractivity contribution is -0.127. The molecule has 30 heavy (non-hydrogen) atoms. The van der Waals surface area contributed by atoms with E-state index in [-0.39, 0.29) is 18.5 Å². The molecule has 3 rings (SSSR count). The molecule has 0 saturated carbocycles. The highest BCUT2D eigenvalue weighted by atomic mass is 35.5. The van der Waals surface area contributed by atoms with Crippen LogP contribution in [0.4, 0.5) is 16.2 Å². The fraction of sp³-hybridized carbons (Fsp3) is 0.391. The summed E-state index contributed by atoms with van der Waals surface area (Å²) in [5.41, 5.74) is 1.20. The SMILES string of the molecule is CC.CC.CCCNC(=O)C1CN(C(=O)Nc2cccc(Cl)c2)c2ccccc2O1. The molecule has 0 aromatic heterocycles. The van der Waals surface area contributed by atoms with Crippen LogP contribution in [-0.4, -0.2) is 31.1 Å². The fourth-order valence-corrected chi connectivity index (χ4v) is 2.87. The van der Waals surface area contributed by atoms with Gasteiger partial charge in [0, 0.05) is 17.3 Å². The normalized spacial score (nSPS) is 13.9. The molecule has 1 heterocycles. The number of hydrogen-bond donors (Lipinski definition) is 2. The number of carbonyl (C=O) groups is 2. The Balaban J connectivity index is 0.00000106. The number of para-hydroxylation sites is 2. The van der Waals surface area contributed by atoms with Gasteiger partial charge in [-0.25, -0.2) is 4.79 Å². The minimum atomic E-state index is -0.762. The van der Waals surface area contributed by atoms with Gasteiger partial charge in [-0.05, 0) is 36.8 Å². The zero-order chi connectivity index (χ0) is 22.5. The predicted molar refractivity (Wildman–Crippen MR) is 125 cm³/mol. The average molecular weight is 434 g/mol. The topological polar surface area (TPSA) is 70.7 Å². The zero-order valence-electron chi connectivity index (χ0n) is 18.4. The Morgan fingerprint density at radius 3 is 2.47 bits per heavy atom. The van der Waals surface area contributed by atoms with Crippen LogP contribution in [0.25, 0.3) is 0 Å². The maximum atomic E-state index is 12.8. The van der Waals surface area contributed by atoms with Crippen LogP contribution in [0, 0.1) is 0 Å². The third kappa shape index (κ3) is 6.95. The summed E-state index contributed by atoms with van der Waals surface area (Å²) >= 11 is 5.97. The van der Waals surface area contributed by atoms with E-state index in [9.17, 15) is 9.59 Å². The van der Waals surface area contributed by atoms with Crippen molar-refractivity contribution in [2.75, 3.05) is 23.3 Å². The van der Waals surface area contributed by atoms with Gasteiger partial charge in [-0.3, -0.25) is 9.69 Å². The first-order chi connectivity index (χ1) is 14.6. The summed E-state index contributed by atoms with van der Waals surface area (Å²) in [6, 6.07) is 13.7. The summed E-state index contributed by atoms with van der Waals surface area (Å²) in [5, 5.41) is 6.15. The summed E-state index contributed by atoms with van der Waals surface area (Å²) in [6.45, 7) is 10.7. The Bertz CT molecular complexity index is 814. The molecule has 0 bridgehead atoms. The highest BCUT2D eigenvalue weighted by Gasteiger charge is 2.33. The van der Waals surface area contributed by atoms with Gasteiger partial charge in [0.1, 0.15) is 5.75 Å². The molecule has 0 saturated heterocycles. The third-order valence-corrected chi connectivity index (χ3v) is 4.17. The first-order valence-corrected chi connectivity index (χ1v) is 10.8. The third-order valence-electron chi connectivity index (χ3n) is 3.94. The predicted octanol–water partition coefficient (Wildman–Crippen LogP) is 5.72. The summed E-state index contributed by atoms with van der Waals surface area (Å²) in [4.78, 5) is 26.6. The molecule has 0 radical (unpaired) electrons. The van der Waals surface area contributed by atoms with Gasteiger partial charge in [0.2, 0.25) is 0 Å². The van der Waals surface area contributed by atoms with Crippen molar-refractivity contribution in [1.82, 2.24) is 5.32 Å². The Hall–Kier alpha value is -2.73. The van der Waals surface area contributed by atoms with Crippen molar-refractivity contribution in [3.8, 4) is 5.75 Å². The van der Waals surface area contributed by atoms with E-state index in [1.807, 2.05) is 40.7 Å². The lowest BCUT2D eigenvalue weighted by Gasteiger charge is -2.34. The molecule has 2 aromatic rings. The molecule has 1 aliphatic rings. The Morgan fingerprint density at radius 1 is 1.10 bits per heavy atom. The molecule has 1 aliphatic heterocycles. The minimum absolute atomic E-state index is 0.124. The maximum Gasteiger partial charge on any atom is 0.326 e. The number of fused-ring (bicyclic) bond motifs is 1. The first-order valence-electron chi connectivity index (χ1n) is 10.5. The van der Waals surface area contributed by atoms with Crippen LogP contribution in [0.15, 0.2) is 48.5 Å². The van der Waals surface area contributed by atoms with Gasteiger partial charge >= 0.3 is 6.03 Å². The van der Waals surface area contributed by atoms with Gasteiger partial charge in [0.15, 0.2) is 6.10 Å². The highest BCUT2D eigenvalue weighted by molar-refractivity contribution is 6.30. The van der Waals surface area contributed by atoms with Gasteiger partial charge in [0.25, 0.3) is 5.91 Å². The summed E-state index contributed by atoms with van der Waals surface area (Å²) in [7, 11) is 0. The lowest BCUT2D eigenvalue weighted by Crippen LogP contribution is -2.51. The van der Waals surface area contributed by atoms with E-state index in [1.165, 1.54) is 4.90 Å². The van der Waals surface area contributed by atoms with E-state index in [0.717, 1.165) is 6.42 Å². The Kier molecular flexibility index (Phi) is 11.4. The second-order valence-corrected chi connectivity index (χ2v) is 6.35. The van der Waals surface area contributed by atoms with E-state index in [4.69, 9.17) is 16.3 Å². The van der Waals surface area contributed by atoms with Crippen LogP contribution in [0.2, 0.25) is 5.02 Å². The molecular formula is C23H32ClN3O3. The molecule has 1 unspecified atom stereocenters. The standard InChI is InChI=1S/C19H20ClN3O3.2C2H6/c1-2-10-21-18(24)17-12-23(15-8-3-4-9-16(15)26-17)19(25)22-14-7-5-6-13(20)11-14;2*1-2/h3-9,11,17H,2,10,12H2,1H3,(H,21,24)(H,22,25);2*1-2H3. The van der Waals surface area contributed by atoms with E-state index < -0.39 is 6.10 Å². The number of ether oxygens (including phenoxy) is 1. The van der Waals surface area contributed by atoms with Gasteiger partial charge in [-0.15, -0.1) is 0 Å². The van der Waals surface area contributed by atoms with Crippen molar-refractivity contribution in [3.63, 3.8) is 0 Å². The number of nitrogens with one attached hydrogen (secondary N) is 2. The van der Waals surface area contributed by atoms with E-state index >= 15 is 0 Å². The smallest absolute Gasteiger partial charge is 0.326 e. The number of benzene rings is 2. The van der Waals surface area contributed by atoms with Crippen LogP contribution >= 0.6 is 11.6 Å². The molecule has 6 nitrogen and oxygen atoms in total. The van der Waals surface area contributed by atoms with Gasteiger partial charge < -0.3 is 15.4 Å². The summed E-state index contributed by atoms with van der Waals surface area (Å²) in [6.07, 6.45) is 0.0650. The van der Waals surface area contributed by atoms with Crippen molar-refractivity contribution >= 4 is 34.9 Å². The summed E-state index contributed by atoms with van der Waals surface area (Å²) < 4.78 is 5.79. The fourth-order valence-electron chi connectivity index (χ4n) is 2.68. The number of hydrogen-bond acceptors (Lipinski definition) is 3. The lowest BCUT2D eigenvalue weighted by atomic mass is 10.2. The molecule has 0 fully saturated rings. The van der Waals surface area contributed by atoms with Crippen LogP contribution in [0.3, 0.4) is 0 Å². The number of amides is 3. The van der Waals surface area contributed by atoms with Gasteiger partial charge in [0.05, 0.1) is 12.2 Å². The highest BCUT2D eigenvalue weighted by Crippen LogP contribution is 2.33. The maximum absolute atomic E-state index is 12.8. The van der Waals surface area contributed by atoms with Crippen LogP contribution in [-0.2, 0) is 4.79 Å². The van der Waals surface area contributed by atoms with Gasteiger partial charge in [-0.1, -0.05) is 64.4 Å². The molecule has 0 aliphatic carbocycles. The molecule has 7 heteroatoms. The average Bonchev–Trinajstić information content (AvgIpc) is 2.79. The summed E-state index contributed by atoms with van der Waals surface area (Å²) in [5.74, 6) is 0.263. The molecular weight excluding hydrogens is 402 g/mol. The number of carbonyl (C=O) groups excluding carboxylic acids is 2. The Morgan fingerprint density at radius 2 is 1.80 bits per heavy atom. The molecule has 2 N–H and O–H groups in total. The molecule has 1 atom stereocenters. The number of rotatable bonds is 4. The number of nitrogens with zero attached hydrogens (tertiary/aromatic N) is 1. The first kappa shape index (κ1) is 25.3. The van der Waals surface area contributed by atoms with Crippen molar-refractivity contribution in [3.05, 3.63) is 53.6 Å². The molecule has 0 spiro atoms. The van der Waals surface area contributed by atoms with Gasteiger partial charge in [-0.2, -0.15) is 0 Å². The van der Waals surface area contributed by atoms with Crippen molar-refractivity contribution in [2.45, 2.75) is 47.1 Å². The van der Waals surface area contributed by atoms with Crippen LogP contribution in [0.5, 0.6) is 5.75 Å². The second-order valence-electron chi connectivity index (χ2n) is 5.92. The van der Waals surface area contributed by atoms with Crippen molar-refractivity contribution in [2.24, 2.45) is 0 Å². The molecule has 164 valence electrons. The molecule has 3 amide bonds. The number of anilines is 2. The minimum Gasteiger partial charge on any atom is -0.477 e. The number of halogens is 1. The van der Waals surface area contributed by atoms with Crippen LogP contribution in [0.1, 0.15) is 41.0 Å².